The number of pyridine rings is 1. The van der Waals surface area contributed by atoms with E-state index >= 15 is 0 Å². The van der Waals surface area contributed by atoms with Crippen LogP contribution in [-0.2, 0) is 16.1 Å². The predicted molar refractivity (Wildman–Crippen MR) is 137 cm³/mol. The first-order valence-corrected chi connectivity index (χ1v) is 13.0. The summed E-state index contributed by atoms with van der Waals surface area (Å²) >= 11 is 0. The van der Waals surface area contributed by atoms with Gasteiger partial charge in [0.1, 0.15) is 11.9 Å². The molecule has 3 aliphatic rings. The maximum Gasteiger partial charge on any atom is 0.403 e. The SMILES string of the molecule is CC(N(C)C1CCC(C(=O)N2Cc3cccnc3Nc3ccc(N4CCOCC4)cc32)CC1)C(F)(F)F. The van der Waals surface area contributed by atoms with E-state index in [2.05, 4.69) is 27.3 Å². The lowest BCUT2D eigenvalue weighted by atomic mass is 9.84. The first-order chi connectivity index (χ1) is 17.7. The largest absolute Gasteiger partial charge is 0.403 e. The molecule has 0 bridgehead atoms. The normalized spacial score (nSPS) is 23.1. The van der Waals surface area contributed by atoms with Gasteiger partial charge in [-0.15, -0.1) is 0 Å². The Kier molecular flexibility index (Phi) is 7.31. The number of rotatable bonds is 4. The van der Waals surface area contributed by atoms with Crippen LogP contribution in [0.25, 0.3) is 0 Å². The molecule has 1 aromatic carbocycles. The summed E-state index contributed by atoms with van der Waals surface area (Å²) in [4.78, 5) is 24.0. The van der Waals surface area contributed by atoms with Gasteiger partial charge in [0.05, 0.1) is 31.1 Å². The third kappa shape index (κ3) is 5.40. The van der Waals surface area contributed by atoms with E-state index < -0.39 is 12.2 Å². The van der Waals surface area contributed by atoms with Gasteiger partial charge in [0, 0.05) is 42.5 Å². The Bertz CT molecular complexity index is 1110. The van der Waals surface area contributed by atoms with E-state index in [1.54, 1.807) is 13.2 Å². The van der Waals surface area contributed by atoms with Crippen molar-refractivity contribution in [1.82, 2.24) is 9.88 Å². The molecule has 37 heavy (non-hydrogen) atoms. The topological polar surface area (TPSA) is 60.9 Å². The number of aromatic nitrogens is 1. The molecule has 1 aromatic heterocycles. The summed E-state index contributed by atoms with van der Waals surface area (Å²) in [6.07, 6.45) is -0.257. The van der Waals surface area contributed by atoms with E-state index in [4.69, 9.17) is 4.74 Å². The number of alkyl halides is 3. The van der Waals surface area contributed by atoms with Crippen LogP contribution in [0.3, 0.4) is 0 Å². The van der Waals surface area contributed by atoms with E-state index in [0.29, 0.717) is 45.4 Å². The van der Waals surface area contributed by atoms with Gasteiger partial charge in [0.25, 0.3) is 0 Å². The van der Waals surface area contributed by atoms with E-state index in [1.807, 2.05) is 23.1 Å². The summed E-state index contributed by atoms with van der Waals surface area (Å²) in [5.74, 6) is 0.512. The molecular weight excluding hydrogens is 483 g/mol. The van der Waals surface area contributed by atoms with Gasteiger partial charge in [0.2, 0.25) is 5.91 Å². The van der Waals surface area contributed by atoms with Gasteiger partial charge in [-0.05, 0) is 63.9 Å². The Morgan fingerprint density at radius 2 is 1.89 bits per heavy atom. The van der Waals surface area contributed by atoms with Crippen molar-refractivity contribution >= 4 is 28.8 Å². The van der Waals surface area contributed by atoms with Crippen LogP contribution in [0, 0.1) is 5.92 Å². The highest BCUT2D eigenvalue weighted by Crippen LogP contribution is 2.40. The maximum atomic E-state index is 14.0. The molecule has 1 amide bonds. The van der Waals surface area contributed by atoms with Crippen molar-refractivity contribution in [1.29, 1.82) is 0 Å². The molecule has 0 radical (unpaired) electrons. The first kappa shape index (κ1) is 25.8. The second-order valence-electron chi connectivity index (χ2n) is 10.2. The number of fused-ring (bicyclic) bond motifs is 2. The Morgan fingerprint density at radius 1 is 1.16 bits per heavy atom. The lowest BCUT2D eigenvalue weighted by Gasteiger charge is -2.39. The predicted octanol–water partition coefficient (Wildman–Crippen LogP) is 4.95. The summed E-state index contributed by atoms with van der Waals surface area (Å²) in [5.41, 5.74) is 3.58. The van der Waals surface area contributed by atoms with Crippen molar-refractivity contribution in [3.8, 4) is 0 Å². The molecule has 1 saturated carbocycles. The summed E-state index contributed by atoms with van der Waals surface area (Å²) in [7, 11) is 1.54. The van der Waals surface area contributed by atoms with Crippen molar-refractivity contribution in [2.75, 3.05) is 48.5 Å². The highest BCUT2D eigenvalue weighted by Gasteiger charge is 2.42. The van der Waals surface area contributed by atoms with Crippen LogP contribution in [0.2, 0.25) is 0 Å². The van der Waals surface area contributed by atoms with Crippen molar-refractivity contribution in [2.24, 2.45) is 5.92 Å². The highest BCUT2D eigenvalue weighted by molar-refractivity contribution is 6.00. The lowest BCUT2D eigenvalue weighted by molar-refractivity contribution is -0.182. The van der Waals surface area contributed by atoms with Crippen LogP contribution in [0.4, 0.5) is 36.1 Å². The molecule has 0 spiro atoms. The Hall–Kier alpha value is -2.85. The number of anilines is 4. The smallest absolute Gasteiger partial charge is 0.378 e. The van der Waals surface area contributed by atoms with Gasteiger partial charge < -0.3 is 19.9 Å². The number of ether oxygens (including phenoxy) is 1. The number of nitrogens with zero attached hydrogens (tertiary/aromatic N) is 4. The van der Waals surface area contributed by atoms with Crippen LogP contribution in [0.1, 0.15) is 38.2 Å². The molecule has 2 aromatic rings. The fraction of sp³-hybridized carbons (Fsp3) is 0.556. The minimum absolute atomic E-state index is 0.0175. The average Bonchev–Trinajstić information content (AvgIpc) is 3.08. The average molecular weight is 518 g/mol. The summed E-state index contributed by atoms with van der Waals surface area (Å²) in [6, 6.07) is 8.25. The molecule has 5 rings (SSSR count). The van der Waals surface area contributed by atoms with Crippen molar-refractivity contribution in [2.45, 2.75) is 57.4 Å². The Morgan fingerprint density at radius 3 is 2.59 bits per heavy atom. The Balaban J connectivity index is 1.38. The van der Waals surface area contributed by atoms with E-state index in [0.717, 1.165) is 41.5 Å². The minimum Gasteiger partial charge on any atom is -0.378 e. The second kappa shape index (κ2) is 10.5. The zero-order valence-electron chi connectivity index (χ0n) is 21.3. The molecular formula is C27H34F3N5O2. The Labute approximate surface area is 215 Å². The highest BCUT2D eigenvalue weighted by atomic mass is 19.4. The van der Waals surface area contributed by atoms with Crippen LogP contribution in [0.5, 0.6) is 0 Å². The standard InChI is InChI=1S/C27H34F3N5O2/c1-18(27(28,29)30)33(2)21-7-5-19(6-8-21)26(36)35-17-20-4-3-11-31-25(20)32-23-10-9-22(16-24(23)35)34-12-14-37-15-13-34/h3-4,9-11,16,18-19,21H,5-8,12-15,17H2,1-2H3,(H,31,32). The zero-order chi connectivity index (χ0) is 26.2. The molecule has 7 nitrogen and oxygen atoms in total. The van der Waals surface area contributed by atoms with Gasteiger partial charge >= 0.3 is 6.18 Å². The third-order valence-corrected chi connectivity index (χ3v) is 8.09. The molecule has 1 saturated heterocycles. The van der Waals surface area contributed by atoms with Crippen molar-refractivity contribution in [3.05, 3.63) is 42.1 Å². The van der Waals surface area contributed by atoms with Crippen LogP contribution >= 0.6 is 0 Å². The van der Waals surface area contributed by atoms with Crippen molar-refractivity contribution < 1.29 is 22.7 Å². The lowest BCUT2D eigenvalue weighted by Crippen LogP contribution is -2.48. The van der Waals surface area contributed by atoms with Crippen LogP contribution < -0.4 is 15.1 Å². The van der Waals surface area contributed by atoms with Gasteiger partial charge in [-0.3, -0.25) is 9.69 Å². The number of halogens is 3. The number of carbonyl (C=O) groups excluding carboxylic acids is 1. The molecule has 1 N–H and O–H groups in total. The fourth-order valence-electron chi connectivity index (χ4n) is 5.62. The summed E-state index contributed by atoms with van der Waals surface area (Å²) in [6.45, 7) is 4.50. The monoisotopic (exact) mass is 517 g/mol. The molecule has 3 heterocycles. The third-order valence-electron chi connectivity index (χ3n) is 8.09. The van der Waals surface area contributed by atoms with Gasteiger partial charge in [-0.2, -0.15) is 13.2 Å². The van der Waals surface area contributed by atoms with Crippen molar-refractivity contribution in [3.63, 3.8) is 0 Å². The quantitative estimate of drug-likeness (QED) is 0.620. The minimum atomic E-state index is -4.26. The number of benzene rings is 1. The molecule has 1 atom stereocenters. The van der Waals surface area contributed by atoms with Crippen LogP contribution in [-0.4, -0.2) is 67.4 Å². The van der Waals surface area contributed by atoms with Gasteiger partial charge in [-0.1, -0.05) is 6.07 Å². The molecule has 1 unspecified atom stereocenters. The first-order valence-electron chi connectivity index (χ1n) is 13.0. The van der Waals surface area contributed by atoms with E-state index in [-0.39, 0.29) is 17.9 Å². The summed E-state index contributed by atoms with van der Waals surface area (Å²) in [5, 5.41) is 3.41. The number of hydrogen-bond donors (Lipinski definition) is 1. The molecule has 2 fully saturated rings. The number of hydrogen-bond acceptors (Lipinski definition) is 6. The molecule has 200 valence electrons. The molecule has 1 aliphatic carbocycles. The van der Waals surface area contributed by atoms with E-state index in [9.17, 15) is 18.0 Å². The summed E-state index contributed by atoms with van der Waals surface area (Å²) < 4.78 is 45.2. The maximum absolute atomic E-state index is 14.0. The number of carbonyl (C=O) groups is 1. The molecule has 10 heteroatoms. The number of amides is 1. The van der Waals surface area contributed by atoms with E-state index in [1.165, 1.54) is 11.8 Å². The second-order valence-corrected chi connectivity index (χ2v) is 10.2. The molecule has 2 aliphatic heterocycles. The number of morpholine rings is 1. The number of nitrogens with one attached hydrogen (secondary N) is 1. The van der Waals surface area contributed by atoms with Gasteiger partial charge in [-0.25, -0.2) is 4.98 Å². The van der Waals surface area contributed by atoms with Crippen LogP contribution in [0.15, 0.2) is 36.5 Å². The zero-order valence-corrected chi connectivity index (χ0v) is 21.3. The van der Waals surface area contributed by atoms with Gasteiger partial charge in [0.15, 0.2) is 0 Å². The fourth-order valence-corrected chi connectivity index (χ4v) is 5.62.